The van der Waals surface area contributed by atoms with Gasteiger partial charge in [-0.25, -0.2) is 0 Å². The van der Waals surface area contributed by atoms with E-state index in [0.29, 0.717) is 12.1 Å². The van der Waals surface area contributed by atoms with E-state index in [2.05, 4.69) is 95.8 Å². The van der Waals surface area contributed by atoms with Crippen LogP contribution in [0, 0.1) is 5.92 Å². The van der Waals surface area contributed by atoms with Crippen molar-refractivity contribution in [3.05, 3.63) is 0 Å². The van der Waals surface area contributed by atoms with Crippen LogP contribution in [0.4, 0.5) is 0 Å². The van der Waals surface area contributed by atoms with Gasteiger partial charge in [-0.15, -0.1) is 0 Å². The largest absolute Gasteiger partial charge is 0.300 e. The third-order valence-electron chi connectivity index (χ3n) is 5.84. The minimum absolute atomic E-state index is 0.715. The molecular formula is C29H68N4. The van der Waals surface area contributed by atoms with Crippen LogP contribution in [0.2, 0.25) is 0 Å². The van der Waals surface area contributed by atoms with E-state index in [-0.39, 0.29) is 0 Å². The van der Waals surface area contributed by atoms with E-state index in [0.717, 1.165) is 18.0 Å². The topological polar surface area (TPSA) is 13.0 Å². The molecule has 0 aromatic heterocycles. The molecule has 2 fully saturated rings. The zero-order valence-electron chi connectivity index (χ0n) is 26.0. The van der Waals surface area contributed by atoms with Gasteiger partial charge in [-0.2, -0.15) is 0 Å². The molecule has 0 bridgehead atoms. The molecule has 33 heavy (non-hydrogen) atoms. The maximum Gasteiger partial charge on any atom is 0.0113 e. The molecule has 0 amide bonds. The average Bonchev–Trinajstić information content (AvgIpc) is 3.03. The van der Waals surface area contributed by atoms with Gasteiger partial charge in [-0.3, -0.25) is 19.6 Å². The second kappa shape index (κ2) is 23.6. The smallest absolute Gasteiger partial charge is 0.0113 e. The first kappa shape index (κ1) is 37.4. The highest BCUT2D eigenvalue weighted by molar-refractivity contribution is 4.76. The molecular weight excluding hydrogens is 404 g/mol. The SMILES string of the molecule is CC.CC.CC(C)C.CC(C)N1CCCN(C(C)C)CC1.CC(C)N1CCN(C(C)C)CC1. The first-order chi connectivity index (χ1) is 15.5. The summed E-state index contributed by atoms with van der Waals surface area (Å²) < 4.78 is 0. The van der Waals surface area contributed by atoms with Gasteiger partial charge in [0.05, 0.1) is 0 Å². The van der Waals surface area contributed by atoms with Crippen molar-refractivity contribution in [2.24, 2.45) is 5.92 Å². The van der Waals surface area contributed by atoms with E-state index in [1.54, 1.807) is 0 Å². The van der Waals surface area contributed by atoms with Crippen LogP contribution in [0.3, 0.4) is 0 Å². The summed E-state index contributed by atoms with van der Waals surface area (Å²) in [4.78, 5) is 10.3. The Labute approximate surface area is 212 Å². The minimum Gasteiger partial charge on any atom is -0.300 e. The molecule has 0 aliphatic carbocycles. The summed E-state index contributed by atoms with van der Waals surface area (Å²) in [5, 5.41) is 0. The predicted molar refractivity (Wildman–Crippen MR) is 155 cm³/mol. The summed E-state index contributed by atoms with van der Waals surface area (Å²) in [6, 6.07) is 2.87. The third-order valence-corrected chi connectivity index (χ3v) is 5.84. The monoisotopic (exact) mass is 473 g/mol. The molecule has 0 spiro atoms. The zero-order valence-corrected chi connectivity index (χ0v) is 26.0. The van der Waals surface area contributed by atoms with Gasteiger partial charge >= 0.3 is 0 Å². The van der Waals surface area contributed by atoms with Crippen molar-refractivity contribution in [1.82, 2.24) is 19.6 Å². The molecule has 0 atom stereocenters. The van der Waals surface area contributed by atoms with E-state index in [9.17, 15) is 0 Å². The Morgan fingerprint density at radius 1 is 0.333 bits per heavy atom. The van der Waals surface area contributed by atoms with Crippen molar-refractivity contribution in [3.8, 4) is 0 Å². The number of nitrogens with zero attached hydrogens (tertiary/aromatic N) is 4. The summed E-state index contributed by atoms with van der Waals surface area (Å²) in [5.74, 6) is 0.833. The van der Waals surface area contributed by atoms with Crippen molar-refractivity contribution in [3.63, 3.8) is 0 Å². The van der Waals surface area contributed by atoms with Gasteiger partial charge in [0.15, 0.2) is 0 Å². The second-order valence-electron chi connectivity index (χ2n) is 10.6. The highest BCUT2D eigenvalue weighted by atomic mass is 15.3. The fourth-order valence-corrected chi connectivity index (χ4v) is 3.76. The molecule has 2 aliphatic heterocycles. The average molecular weight is 473 g/mol. The van der Waals surface area contributed by atoms with Crippen LogP contribution in [0.25, 0.3) is 0 Å². The van der Waals surface area contributed by atoms with Crippen LogP contribution in [-0.4, -0.2) is 96.1 Å². The lowest BCUT2D eigenvalue weighted by molar-refractivity contribution is 0.0887. The molecule has 204 valence electrons. The fourth-order valence-electron chi connectivity index (χ4n) is 3.76. The van der Waals surface area contributed by atoms with Crippen LogP contribution in [0.5, 0.6) is 0 Å². The van der Waals surface area contributed by atoms with Gasteiger partial charge in [-0.05, 0) is 80.8 Å². The van der Waals surface area contributed by atoms with Crippen LogP contribution >= 0.6 is 0 Å². The Hall–Kier alpha value is -0.160. The maximum absolute atomic E-state index is 2.59. The lowest BCUT2D eigenvalue weighted by Crippen LogP contribution is -2.50. The van der Waals surface area contributed by atoms with E-state index >= 15 is 0 Å². The lowest BCUT2D eigenvalue weighted by atomic mass is 10.2. The van der Waals surface area contributed by atoms with Gasteiger partial charge < -0.3 is 0 Å². The Kier molecular flexibility index (Phi) is 26.7. The Morgan fingerprint density at radius 3 is 0.636 bits per heavy atom. The van der Waals surface area contributed by atoms with Crippen molar-refractivity contribution in [2.45, 2.75) is 134 Å². The summed E-state index contributed by atoms with van der Waals surface area (Å²) in [6.07, 6.45) is 1.33. The Bertz CT molecular complexity index is 337. The van der Waals surface area contributed by atoms with Crippen molar-refractivity contribution in [2.75, 3.05) is 52.4 Å². The van der Waals surface area contributed by atoms with Gasteiger partial charge in [0.2, 0.25) is 0 Å². The minimum atomic E-state index is 0.715. The molecule has 0 N–H and O–H groups in total. The summed E-state index contributed by atoms with van der Waals surface area (Å²) in [5.41, 5.74) is 0. The van der Waals surface area contributed by atoms with E-state index in [1.807, 2.05) is 27.7 Å². The first-order valence-electron chi connectivity index (χ1n) is 14.4. The zero-order chi connectivity index (χ0) is 26.6. The second-order valence-corrected chi connectivity index (χ2v) is 10.6. The molecule has 0 radical (unpaired) electrons. The molecule has 0 aromatic carbocycles. The van der Waals surface area contributed by atoms with Crippen LogP contribution in [0.15, 0.2) is 0 Å². The Balaban J connectivity index is -0.000000417. The van der Waals surface area contributed by atoms with Crippen molar-refractivity contribution >= 4 is 0 Å². The molecule has 2 aliphatic rings. The quantitative estimate of drug-likeness (QED) is 0.439. The van der Waals surface area contributed by atoms with Crippen molar-refractivity contribution in [1.29, 1.82) is 0 Å². The van der Waals surface area contributed by atoms with E-state index < -0.39 is 0 Å². The maximum atomic E-state index is 2.59. The lowest BCUT2D eigenvalue weighted by Gasteiger charge is -2.38. The number of rotatable bonds is 4. The van der Waals surface area contributed by atoms with Gasteiger partial charge in [0.1, 0.15) is 0 Å². The van der Waals surface area contributed by atoms with Crippen LogP contribution in [0.1, 0.15) is 110 Å². The highest BCUT2D eigenvalue weighted by Crippen LogP contribution is 2.09. The van der Waals surface area contributed by atoms with Gasteiger partial charge in [-0.1, -0.05) is 48.5 Å². The number of hydrogen-bond acceptors (Lipinski definition) is 4. The first-order valence-corrected chi connectivity index (χ1v) is 14.4. The third kappa shape index (κ3) is 20.9. The summed E-state index contributed by atoms with van der Waals surface area (Å²) in [7, 11) is 0. The predicted octanol–water partition coefficient (Wildman–Crippen LogP) is 6.95. The molecule has 2 saturated heterocycles. The summed E-state index contributed by atoms with van der Waals surface area (Å²) in [6.45, 7) is 42.9. The van der Waals surface area contributed by atoms with E-state index in [1.165, 1.54) is 58.8 Å². The van der Waals surface area contributed by atoms with Crippen molar-refractivity contribution < 1.29 is 0 Å². The highest BCUT2D eigenvalue weighted by Gasteiger charge is 2.20. The van der Waals surface area contributed by atoms with Crippen LogP contribution < -0.4 is 0 Å². The van der Waals surface area contributed by atoms with Gasteiger partial charge in [0, 0.05) is 63.4 Å². The molecule has 4 heteroatoms. The fraction of sp³-hybridized carbons (Fsp3) is 1.00. The molecule has 0 unspecified atom stereocenters. The molecule has 4 nitrogen and oxygen atoms in total. The number of hydrogen-bond donors (Lipinski definition) is 0. The molecule has 0 saturated carbocycles. The Morgan fingerprint density at radius 2 is 0.485 bits per heavy atom. The van der Waals surface area contributed by atoms with Crippen LogP contribution in [-0.2, 0) is 0 Å². The van der Waals surface area contributed by atoms with E-state index in [4.69, 9.17) is 0 Å². The van der Waals surface area contributed by atoms with Gasteiger partial charge in [0.25, 0.3) is 0 Å². The molecule has 2 rings (SSSR count). The normalized spacial score (nSPS) is 18.5. The summed E-state index contributed by atoms with van der Waals surface area (Å²) >= 11 is 0. The molecule has 0 aromatic rings. The molecule has 2 heterocycles. The number of piperazine rings is 1. The standard InChI is InChI=1S/C11H24N2.C10H22N2.C4H10.2C2H6/c1-10(2)12-6-5-7-13(9-8-12)11(3)4;1-9(2)11-5-7-12(8-6-11)10(3)4;1-4(2)3;2*1-2/h10-11H,5-9H2,1-4H3;9-10H,5-8H2,1-4H3;4H,1-3H3;2*1-2H3.